The molecule has 24 nitrogen and oxygen atoms in total. The molecule has 59 heavy (non-hydrogen) atoms. The molecule has 0 bridgehead atoms. The minimum absolute atomic E-state index is 0.229. The van der Waals surface area contributed by atoms with Gasteiger partial charge in [-0.2, -0.15) is 4.98 Å². The number of nitrogens with one attached hydrogen (secondary N) is 2. The predicted molar refractivity (Wildman–Crippen MR) is 190 cm³/mol. The maximum atomic E-state index is 13.5. The van der Waals surface area contributed by atoms with Gasteiger partial charge in [0.05, 0.1) is 6.04 Å². The highest BCUT2D eigenvalue weighted by atomic mass is 16.7. The number of esters is 8. The van der Waals surface area contributed by atoms with Crippen molar-refractivity contribution in [1.82, 2.24) is 14.9 Å². The third kappa shape index (κ3) is 15.1. The van der Waals surface area contributed by atoms with Crippen molar-refractivity contribution in [3.8, 4) is 0 Å². The highest BCUT2D eigenvalue weighted by molar-refractivity contribution is 5.87. The molecule has 2 rings (SSSR count). The average Bonchev–Trinajstić information content (AvgIpc) is 3.06. The summed E-state index contributed by atoms with van der Waals surface area (Å²) in [6, 6.07) is -0.659. The number of carbonyl (C=O) groups excluding carboxylic acids is 10. The zero-order valence-electron chi connectivity index (χ0n) is 33.7. The molecular weight excluding hydrogens is 796 g/mol. The molecule has 1 fully saturated rings. The zero-order chi connectivity index (χ0) is 44.9. The van der Waals surface area contributed by atoms with E-state index < -0.39 is 133 Å². The van der Waals surface area contributed by atoms with Gasteiger partial charge in [-0.05, 0) is 6.07 Å². The molecule has 2 heterocycles. The van der Waals surface area contributed by atoms with Crippen molar-refractivity contribution in [2.75, 3.05) is 11.9 Å². The number of carbonyl (C=O) groups is 10. The fraction of sp³-hybridized carbons (Fsp3) is 0.600. The molecule has 0 aromatic carbocycles. The Kier molecular flexibility index (Phi) is 18.1. The standard InChI is InChI=1S/C35H46N4O20/c1-14(40)36-25-11-12-39(35(50)38-25)34-33(58-23(10)49)29(54-19(6)45)26(37-15(2)41)28(59-34)31(56-21(8)47)32(57-22(9)48)30(55-20(7)46)27(53-18(5)44)24(52-17(4)43)13-51-16(3)42/h11-12,24,26-34H,13H2,1-10H3,(H,37,41)(H,36,38,40,50)/t24-,26-,27-,28+,29+,30+,31+,32+,33-,34-/m1/s1. The lowest BCUT2D eigenvalue weighted by molar-refractivity contribution is -0.267. The first-order chi connectivity index (χ1) is 27.4. The van der Waals surface area contributed by atoms with Gasteiger partial charge in [0.2, 0.25) is 11.8 Å². The normalized spacial score (nSPS) is 20.9. The van der Waals surface area contributed by atoms with E-state index in [1.807, 2.05) is 0 Å². The molecule has 1 aliphatic heterocycles. The molecule has 0 unspecified atom stereocenters. The van der Waals surface area contributed by atoms with Crippen LogP contribution in [0.5, 0.6) is 0 Å². The zero-order valence-corrected chi connectivity index (χ0v) is 33.7. The van der Waals surface area contributed by atoms with E-state index in [0.717, 1.165) is 86.1 Å². The topological polar surface area (TPSA) is 313 Å². The Labute approximate surface area is 335 Å². The van der Waals surface area contributed by atoms with E-state index in [-0.39, 0.29) is 5.82 Å². The minimum atomic E-state index is -2.23. The van der Waals surface area contributed by atoms with E-state index in [4.69, 9.17) is 42.6 Å². The smallest absolute Gasteiger partial charge is 0.351 e. The Bertz CT molecular complexity index is 1850. The summed E-state index contributed by atoms with van der Waals surface area (Å²) in [5.41, 5.74) is -1.17. The molecule has 0 saturated carbocycles. The fourth-order valence-electron chi connectivity index (χ4n) is 5.98. The van der Waals surface area contributed by atoms with Crippen LogP contribution in [0.15, 0.2) is 17.1 Å². The number of nitrogens with zero attached hydrogens (tertiary/aromatic N) is 2. The highest BCUT2D eigenvalue weighted by Gasteiger charge is 2.59. The summed E-state index contributed by atoms with van der Waals surface area (Å²) < 4.78 is 50.7. The van der Waals surface area contributed by atoms with Gasteiger partial charge < -0.3 is 53.3 Å². The van der Waals surface area contributed by atoms with Crippen molar-refractivity contribution in [1.29, 1.82) is 0 Å². The third-order valence-electron chi connectivity index (χ3n) is 7.63. The van der Waals surface area contributed by atoms with Crippen LogP contribution in [0.1, 0.15) is 75.5 Å². The van der Waals surface area contributed by atoms with Crippen molar-refractivity contribution in [2.24, 2.45) is 0 Å². The monoisotopic (exact) mass is 842 g/mol. The lowest BCUT2D eigenvalue weighted by Gasteiger charge is -2.49. The predicted octanol–water partition coefficient (Wildman–Crippen LogP) is -1.31. The second-order valence-electron chi connectivity index (χ2n) is 12.8. The SMILES string of the molecule is CC(=O)Nc1ccn([C@@H]2O[C@H]([C@H](OC(C)=O)[C@@H](OC(C)=O)[C@@H](OC(C)=O)[C@H](OC(C)=O)[C@@H](COC(C)=O)OC(C)=O)[C@@H](NC(C)=O)[C@H](OC(C)=O)[C@H]2OC(C)=O)c(=O)n1. The van der Waals surface area contributed by atoms with E-state index in [9.17, 15) is 52.7 Å². The first-order valence-corrected chi connectivity index (χ1v) is 17.5. The summed E-state index contributed by atoms with van der Waals surface area (Å²) in [6.45, 7) is 8.60. The lowest BCUT2D eigenvalue weighted by Crippen LogP contribution is -2.70. The first-order valence-electron chi connectivity index (χ1n) is 17.5. The largest absolute Gasteiger partial charge is 0.462 e. The molecule has 1 aromatic heterocycles. The number of hydrogen-bond acceptors (Lipinski definition) is 21. The van der Waals surface area contributed by atoms with Crippen LogP contribution in [-0.4, -0.2) is 131 Å². The maximum absolute atomic E-state index is 13.5. The Morgan fingerprint density at radius 3 is 1.61 bits per heavy atom. The first kappa shape index (κ1) is 48.7. The second kappa shape index (κ2) is 21.9. The molecule has 2 amide bonds. The number of amides is 2. The van der Waals surface area contributed by atoms with E-state index in [2.05, 4.69) is 15.6 Å². The Hall–Kier alpha value is -6.46. The number of hydrogen-bond donors (Lipinski definition) is 2. The molecular formula is C35H46N4O20. The molecule has 2 N–H and O–H groups in total. The van der Waals surface area contributed by atoms with Crippen LogP contribution in [0.25, 0.3) is 0 Å². The summed E-state index contributed by atoms with van der Waals surface area (Å²) >= 11 is 0. The van der Waals surface area contributed by atoms with Gasteiger partial charge >= 0.3 is 53.4 Å². The Morgan fingerprint density at radius 1 is 0.644 bits per heavy atom. The van der Waals surface area contributed by atoms with Crippen LogP contribution in [0, 0.1) is 0 Å². The molecule has 1 saturated heterocycles. The van der Waals surface area contributed by atoms with Gasteiger partial charge in [0.25, 0.3) is 0 Å². The fourth-order valence-corrected chi connectivity index (χ4v) is 5.98. The van der Waals surface area contributed by atoms with Gasteiger partial charge in [-0.1, -0.05) is 0 Å². The van der Waals surface area contributed by atoms with Crippen LogP contribution in [-0.2, 0) is 90.6 Å². The molecule has 0 aliphatic carbocycles. The summed E-state index contributed by atoms with van der Waals surface area (Å²) in [5.74, 6) is -10.3. The van der Waals surface area contributed by atoms with Gasteiger partial charge in [0.1, 0.15) is 18.5 Å². The summed E-state index contributed by atoms with van der Waals surface area (Å²) in [7, 11) is 0. The molecule has 1 aromatic rings. The Balaban J connectivity index is 3.15. The van der Waals surface area contributed by atoms with Crippen molar-refractivity contribution < 1.29 is 90.6 Å². The summed E-state index contributed by atoms with van der Waals surface area (Å²) in [4.78, 5) is 143. The Morgan fingerprint density at radius 2 is 1.15 bits per heavy atom. The van der Waals surface area contributed by atoms with Gasteiger partial charge in [0.15, 0.2) is 49.0 Å². The van der Waals surface area contributed by atoms with Crippen LogP contribution in [0.4, 0.5) is 5.82 Å². The minimum Gasteiger partial charge on any atom is -0.462 e. The molecule has 1 aliphatic rings. The van der Waals surface area contributed by atoms with Crippen molar-refractivity contribution >= 4 is 65.4 Å². The van der Waals surface area contributed by atoms with Crippen molar-refractivity contribution in [3.05, 3.63) is 22.7 Å². The number of rotatable bonds is 17. The van der Waals surface area contributed by atoms with E-state index in [0.29, 0.717) is 0 Å². The van der Waals surface area contributed by atoms with Crippen LogP contribution in [0.2, 0.25) is 0 Å². The number of ether oxygens (including phenoxy) is 9. The quantitative estimate of drug-likeness (QED) is 0.136. The average molecular weight is 843 g/mol. The van der Waals surface area contributed by atoms with E-state index in [1.165, 1.54) is 0 Å². The maximum Gasteiger partial charge on any atom is 0.351 e. The molecule has 326 valence electrons. The van der Waals surface area contributed by atoms with Gasteiger partial charge in [0, 0.05) is 75.4 Å². The molecule has 0 spiro atoms. The van der Waals surface area contributed by atoms with Gasteiger partial charge in [-0.3, -0.25) is 52.5 Å². The van der Waals surface area contributed by atoms with Gasteiger partial charge in [-0.15, -0.1) is 0 Å². The summed E-state index contributed by atoms with van der Waals surface area (Å²) in [6.07, 6.45) is -17.1. The second-order valence-corrected chi connectivity index (χ2v) is 12.8. The molecule has 0 radical (unpaired) electrons. The van der Waals surface area contributed by atoms with Gasteiger partial charge in [-0.25, -0.2) is 4.79 Å². The lowest BCUT2D eigenvalue weighted by atomic mass is 9.86. The highest BCUT2D eigenvalue weighted by Crippen LogP contribution is 2.37. The van der Waals surface area contributed by atoms with Crippen molar-refractivity contribution in [2.45, 2.75) is 130 Å². The van der Waals surface area contributed by atoms with Crippen LogP contribution in [0.3, 0.4) is 0 Å². The van der Waals surface area contributed by atoms with Crippen LogP contribution < -0.4 is 16.3 Å². The summed E-state index contributed by atoms with van der Waals surface area (Å²) in [5, 5.41) is 4.76. The van der Waals surface area contributed by atoms with E-state index >= 15 is 0 Å². The third-order valence-corrected chi connectivity index (χ3v) is 7.63. The van der Waals surface area contributed by atoms with Crippen LogP contribution >= 0.6 is 0 Å². The number of anilines is 1. The molecule has 10 atom stereocenters. The van der Waals surface area contributed by atoms with E-state index in [1.54, 1.807) is 0 Å². The molecule has 24 heteroatoms. The van der Waals surface area contributed by atoms with Crippen molar-refractivity contribution in [3.63, 3.8) is 0 Å². The number of aromatic nitrogens is 2.